The van der Waals surface area contributed by atoms with E-state index in [1.54, 1.807) is 18.4 Å². The van der Waals surface area contributed by atoms with Gasteiger partial charge in [-0.2, -0.15) is 0 Å². The molecule has 2 aromatic heterocycles. The number of benzene rings is 1. The lowest BCUT2D eigenvalue weighted by Gasteiger charge is -2.33. The number of pyridine rings is 1. The fourth-order valence-electron chi connectivity index (χ4n) is 5.66. The molecule has 2 aliphatic heterocycles. The second-order valence-corrected chi connectivity index (χ2v) is 11.2. The van der Waals surface area contributed by atoms with Crippen molar-refractivity contribution in [2.24, 2.45) is 0 Å². The maximum atomic E-state index is 13.4. The van der Waals surface area contributed by atoms with Crippen LogP contribution >= 0.6 is 11.3 Å². The van der Waals surface area contributed by atoms with Gasteiger partial charge in [-0.3, -0.25) is 14.7 Å². The maximum absolute atomic E-state index is 13.4. The van der Waals surface area contributed by atoms with Crippen molar-refractivity contribution >= 4 is 33.8 Å². The number of thiazole rings is 1. The van der Waals surface area contributed by atoms with Gasteiger partial charge in [0.25, 0.3) is 0 Å². The zero-order valence-corrected chi connectivity index (χ0v) is 22.4. The first-order valence-corrected chi connectivity index (χ1v) is 14.4. The Hall–Kier alpha value is -2.75. The van der Waals surface area contributed by atoms with Crippen molar-refractivity contribution in [3.8, 4) is 5.75 Å². The zero-order chi connectivity index (χ0) is 25.2. The number of nitrogens with one attached hydrogen (secondary N) is 1. The second-order valence-electron chi connectivity index (χ2n) is 10.3. The minimum absolute atomic E-state index is 0.0126. The van der Waals surface area contributed by atoms with Crippen LogP contribution in [-0.2, 0) is 4.79 Å². The number of nitrogens with zero attached hydrogens (tertiary/aromatic N) is 5. The molecule has 37 heavy (non-hydrogen) atoms. The van der Waals surface area contributed by atoms with E-state index >= 15 is 0 Å². The predicted molar refractivity (Wildman–Crippen MR) is 148 cm³/mol. The molecule has 1 aliphatic carbocycles. The summed E-state index contributed by atoms with van der Waals surface area (Å²) in [6.07, 6.45) is 5.85. The number of carbonyl (C=O) groups is 1. The Balaban J connectivity index is 1.25. The number of carbonyl (C=O) groups excluding carboxylic acids is 1. The zero-order valence-electron chi connectivity index (χ0n) is 21.6. The highest BCUT2D eigenvalue weighted by molar-refractivity contribution is 7.09. The van der Waals surface area contributed by atoms with Crippen LogP contribution in [0.4, 0.5) is 5.69 Å². The number of piperazine rings is 1. The van der Waals surface area contributed by atoms with E-state index in [4.69, 9.17) is 14.7 Å². The van der Waals surface area contributed by atoms with Crippen LogP contribution in [0.1, 0.15) is 48.3 Å². The van der Waals surface area contributed by atoms with Crippen molar-refractivity contribution in [1.82, 2.24) is 25.1 Å². The highest BCUT2D eigenvalue weighted by Crippen LogP contribution is 2.43. The summed E-state index contributed by atoms with van der Waals surface area (Å²) in [4.78, 5) is 30.1. The Labute approximate surface area is 222 Å². The number of fused-ring (bicyclic) bond motifs is 1. The molecule has 1 saturated carbocycles. The molecule has 3 aliphatic rings. The maximum Gasteiger partial charge on any atom is 0.224 e. The first-order chi connectivity index (χ1) is 18.2. The number of rotatable bonds is 7. The smallest absolute Gasteiger partial charge is 0.224 e. The Morgan fingerprint density at radius 3 is 2.81 bits per heavy atom. The van der Waals surface area contributed by atoms with Gasteiger partial charge in [-0.15, -0.1) is 11.3 Å². The highest BCUT2D eigenvalue weighted by Gasteiger charge is 2.33. The third-order valence-electron chi connectivity index (χ3n) is 7.86. The van der Waals surface area contributed by atoms with Crippen molar-refractivity contribution in [1.29, 1.82) is 0 Å². The molecule has 2 saturated heterocycles. The SMILES string of the molecule is COc1ccc2cccnc2c1N1CCCN(C(CC(=O)N2CCNCC2)c2csc(C3CC3)n2)CC1. The first kappa shape index (κ1) is 24.6. The van der Waals surface area contributed by atoms with Crippen LogP contribution in [0.25, 0.3) is 10.9 Å². The number of anilines is 1. The highest BCUT2D eigenvalue weighted by atomic mass is 32.1. The Morgan fingerprint density at radius 2 is 2.00 bits per heavy atom. The molecule has 1 unspecified atom stereocenters. The molecule has 196 valence electrons. The van der Waals surface area contributed by atoms with E-state index in [0.29, 0.717) is 12.3 Å². The molecule has 3 fully saturated rings. The number of ether oxygens (including phenoxy) is 1. The molecule has 3 aromatic rings. The molecule has 9 heteroatoms. The van der Waals surface area contributed by atoms with E-state index in [1.165, 1.54) is 17.8 Å². The van der Waals surface area contributed by atoms with Gasteiger partial charge in [0.05, 0.1) is 29.4 Å². The Kier molecular flexibility index (Phi) is 7.26. The van der Waals surface area contributed by atoms with Gasteiger partial charge in [0.1, 0.15) is 11.4 Å². The lowest BCUT2D eigenvalue weighted by Crippen LogP contribution is -2.47. The average Bonchev–Trinajstić information content (AvgIpc) is 3.73. The number of hydrogen-bond donors (Lipinski definition) is 1. The van der Waals surface area contributed by atoms with Crippen LogP contribution in [0.3, 0.4) is 0 Å². The summed E-state index contributed by atoms with van der Waals surface area (Å²) < 4.78 is 5.78. The van der Waals surface area contributed by atoms with E-state index in [2.05, 4.69) is 32.6 Å². The number of methoxy groups -OCH3 is 1. The minimum atomic E-state index is 0.0126. The van der Waals surface area contributed by atoms with E-state index in [-0.39, 0.29) is 11.9 Å². The summed E-state index contributed by atoms with van der Waals surface area (Å²) in [5.41, 5.74) is 3.13. The van der Waals surface area contributed by atoms with Gasteiger partial charge in [0, 0.05) is 81.7 Å². The van der Waals surface area contributed by atoms with E-state index in [9.17, 15) is 4.79 Å². The fourth-order valence-corrected chi connectivity index (χ4v) is 6.69. The summed E-state index contributed by atoms with van der Waals surface area (Å²) in [5, 5.41) is 7.93. The van der Waals surface area contributed by atoms with Crippen LogP contribution in [0, 0.1) is 0 Å². The molecule has 1 N–H and O–H groups in total. The normalized spacial score (nSPS) is 20.1. The standard InChI is InChI=1S/C28H36N6O2S/c1-36-24-8-7-20-4-2-9-30-26(20)27(24)34-13-3-12-32(16-17-34)23(18-25(35)33-14-10-29-11-15-33)22-19-37-28(31-22)21-5-6-21/h2,4,7-9,19,21,23,29H,3,5-6,10-18H2,1H3. The predicted octanol–water partition coefficient (Wildman–Crippen LogP) is 3.65. The number of aromatic nitrogens is 2. The van der Waals surface area contributed by atoms with Crippen LogP contribution in [-0.4, -0.2) is 85.1 Å². The fraction of sp³-hybridized carbons (Fsp3) is 0.536. The van der Waals surface area contributed by atoms with Crippen molar-refractivity contribution in [2.45, 2.75) is 37.6 Å². The van der Waals surface area contributed by atoms with Crippen LogP contribution < -0.4 is 15.0 Å². The van der Waals surface area contributed by atoms with Crippen LogP contribution in [0.5, 0.6) is 5.75 Å². The van der Waals surface area contributed by atoms with E-state index in [1.807, 2.05) is 23.2 Å². The third-order valence-corrected chi connectivity index (χ3v) is 8.89. The summed E-state index contributed by atoms with van der Waals surface area (Å²) in [6.45, 7) is 6.90. The molecule has 0 spiro atoms. The molecule has 0 radical (unpaired) electrons. The quantitative estimate of drug-likeness (QED) is 0.510. The van der Waals surface area contributed by atoms with Crippen LogP contribution in [0.2, 0.25) is 0 Å². The molecule has 1 amide bonds. The second kappa shape index (κ2) is 10.9. The summed E-state index contributed by atoms with van der Waals surface area (Å²) in [5.74, 6) is 1.74. The van der Waals surface area contributed by atoms with Crippen molar-refractivity contribution in [3.05, 3.63) is 46.5 Å². The molecule has 1 atom stereocenters. The molecule has 1 aromatic carbocycles. The third kappa shape index (κ3) is 5.30. The van der Waals surface area contributed by atoms with Gasteiger partial charge < -0.3 is 19.9 Å². The van der Waals surface area contributed by atoms with Crippen molar-refractivity contribution in [2.75, 3.05) is 64.4 Å². The topological polar surface area (TPSA) is 73.8 Å². The molecule has 4 heterocycles. The molecule has 8 nitrogen and oxygen atoms in total. The molecular formula is C28H36N6O2S. The molecular weight excluding hydrogens is 484 g/mol. The van der Waals surface area contributed by atoms with Crippen molar-refractivity contribution < 1.29 is 9.53 Å². The van der Waals surface area contributed by atoms with Gasteiger partial charge in [0.15, 0.2) is 0 Å². The van der Waals surface area contributed by atoms with Gasteiger partial charge in [-0.05, 0) is 37.5 Å². The van der Waals surface area contributed by atoms with E-state index < -0.39 is 0 Å². The largest absolute Gasteiger partial charge is 0.494 e. The van der Waals surface area contributed by atoms with Gasteiger partial charge in [0.2, 0.25) is 5.91 Å². The van der Waals surface area contributed by atoms with Gasteiger partial charge >= 0.3 is 0 Å². The molecule has 6 rings (SSSR count). The molecule has 0 bridgehead atoms. The summed E-state index contributed by atoms with van der Waals surface area (Å²) in [7, 11) is 1.73. The Bertz CT molecular complexity index is 1240. The summed E-state index contributed by atoms with van der Waals surface area (Å²) >= 11 is 1.78. The lowest BCUT2D eigenvalue weighted by molar-refractivity contribution is -0.133. The first-order valence-electron chi connectivity index (χ1n) is 13.6. The number of amides is 1. The van der Waals surface area contributed by atoms with Crippen LogP contribution in [0.15, 0.2) is 35.8 Å². The minimum Gasteiger partial charge on any atom is -0.494 e. The van der Waals surface area contributed by atoms with Gasteiger partial charge in [-0.1, -0.05) is 6.07 Å². The average molecular weight is 521 g/mol. The summed E-state index contributed by atoms with van der Waals surface area (Å²) in [6, 6.07) is 8.22. The van der Waals surface area contributed by atoms with E-state index in [0.717, 1.165) is 86.8 Å². The van der Waals surface area contributed by atoms with Crippen molar-refractivity contribution in [3.63, 3.8) is 0 Å². The lowest BCUT2D eigenvalue weighted by atomic mass is 10.1. The monoisotopic (exact) mass is 520 g/mol. The number of hydrogen-bond acceptors (Lipinski definition) is 8. The Morgan fingerprint density at radius 1 is 1.14 bits per heavy atom. The van der Waals surface area contributed by atoms with Gasteiger partial charge in [-0.25, -0.2) is 4.98 Å².